The molecule has 3 amide bonds. The normalized spacial score (nSPS) is 10.5. The molecule has 0 heterocycles. The lowest BCUT2D eigenvalue weighted by atomic mass is 10.1. The summed E-state index contributed by atoms with van der Waals surface area (Å²) in [6.45, 7) is 4.78. The van der Waals surface area contributed by atoms with Gasteiger partial charge in [-0.15, -0.1) is 0 Å². The molecule has 0 unspecified atom stereocenters. The Labute approximate surface area is 125 Å². The first-order valence-corrected chi connectivity index (χ1v) is 7.27. The summed E-state index contributed by atoms with van der Waals surface area (Å²) in [5.41, 5.74) is 0. The molecule has 0 aromatic carbocycles. The first kappa shape index (κ1) is 19.4. The maximum absolute atomic E-state index is 12.1. The number of carbonyl (C=O) groups excluding carboxylic acids is 2. The number of nitrogens with zero attached hydrogens (tertiary/aromatic N) is 1. The van der Waals surface area contributed by atoms with Crippen molar-refractivity contribution < 1.29 is 24.2 Å². The van der Waals surface area contributed by atoms with E-state index in [4.69, 9.17) is 9.84 Å². The standard InChI is InChI=1S/C14H26N2O5/c1-4-11(5-2)16(9-10-21-3)14(20)15-12(17)7-6-8-13(18)19/h11H,4-10H2,1-3H3,(H,18,19)(H,15,17,20). The summed E-state index contributed by atoms with van der Waals surface area (Å²) in [4.78, 5) is 35.7. The van der Waals surface area contributed by atoms with Gasteiger partial charge >= 0.3 is 12.0 Å². The fourth-order valence-corrected chi connectivity index (χ4v) is 2.02. The fraction of sp³-hybridized carbons (Fsp3) is 0.786. The second-order valence-corrected chi connectivity index (χ2v) is 4.76. The Morgan fingerprint density at radius 2 is 1.81 bits per heavy atom. The number of methoxy groups -OCH3 is 1. The summed E-state index contributed by atoms with van der Waals surface area (Å²) in [6.07, 6.45) is 1.75. The average Bonchev–Trinajstić information content (AvgIpc) is 2.42. The zero-order valence-corrected chi connectivity index (χ0v) is 13.1. The molecule has 0 spiro atoms. The molecule has 0 aliphatic rings. The molecule has 21 heavy (non-hydrogen) atoms. The Hall–Kier alpha value is -1.63. The lowest BCUT2D eigenvalue weighted by molar-refractivity contribution is -0.137. The van der Waals surface area contributed by atoms with Crippen LogP contribution in [0.1, 0.15) is 46.0 Å². The van der Waals surface area contributed by atoms with Crippen LogP contribution in [-0.2, 0) is 14.3 Å². The first-order valence-electron chi connectivity index (χ1n) is 7.27. The molecule has 0 bridgehead atoms. The van der Waals surface area contributed by atoms with Gasteiger partial charge in [-0.25, -0.2) is 4.79 Å². The molecule has 0 fully saturated rings. The van der Waals surface area contributed by atoms with Gasteiger partial charge in [0.05, 0.1) is 6.61 Å². The minimum Gasteiger partial charge on any atom is -0.481 e. The highest BCUT2D eigenvalue weighted by Crippen LogP contribution is 2.09. The van der Waals surface area contributed by atoms with Crippen molar-refractivity contribution in [2.45, 2.75) is 52.0 Å². The van der Waals surface area contributed by atoms with E-state index in [2.05, 4.69) is 5.32 Å². The molecule has 122 valence electrons. The van der Waals surface area contributed by atoms with Gasteiger partial charge in [0.15, 0.2) is 0 Å². The van der Waals surface area contributed by atoms with Crippen molar-refractivity contribution in [1.29, 1.82) is 0 Å². The summed E-state index contributed by atoms with van der Waals surface area (Å²) < 4.78 is 4.99. The second kappa shape index (κ2) is 11.1. The molecule has 0 saturated carbocycles. The zero-order valence-electron chi connectivity index (χ0n) is 13.1. The van der Waals surface area contributed by atoms with Gasteiger partial charge in [-0.05, 0) is 19.3 Å². The molecule has 2 N–H and O–H groups in total. The van der Waals surface area contributed by atoms with Crippen molar-refractivity contribution in [2.75, 3.05) is 20.3 Å². The van der Waals surface area contributed by atoms with Gasteiger partial charge in [0.1, 0.15) is 0 Å². The van der Waals surface area contributed by atoms with E-state index in [0.717, 1.165) is 12.8 Å². The monoisotopic (exact) mass is 302 g/mol. The number of imide groups is 1. The van der Waals surface area contributed by atoms with Crippen LogP contribution in [0.25, 0.3) is 0 Å². The third-order valence-electron chi connectivity index (χ3n) is 3.22. The van der Waals surface area contributed by atoms with Gasteiger partial charge in [0.25, 0.3) is 0 Å². The number of amides is 3. The van der Waals surface area contributed by atoms with Crippen LogP contribution in [0.15, 0.2) is 0 Å². The van der Waals surface area contributed by atoms with Gasteiger partial charge < -0.3 is 14.7 Å². The Bertz CT molecular complexity index is 342. The molecule has 7 nitrogen and oxygen atoms in total. The van der Waals surface area contributed by atoms with Gasteiger partial charge in [-0.2, -0.15) is 0 Å². The zero-order chi connectivity index (χ0) is 16.3. The van der Waals surface area contributed by atoms with E-state index in [0.29, 0.717) is 13.2 Å². The molecule has 0 aromatic rings. The number of aliphatic carboxylic acids is 1. The smallest absolute Gasteiger partial charge is 0.324 e. The van der Waals surface area contributed by atoms with Crippen LogP contribution in [0.2, 0.25) is 0 Å². The fourth-order valence-electron chi connectivity index (χ4n) is 2.02. The van der Waals surface area contributed by atoms with Crippen molar-refractivity contribution in [1.82, 2.24) is 10.2 Å². The SMILES string of the molecule is CCC(CC)N(CCOC)C(=O)NC(=O)CCCC(=O)O. The highest BCUT2D eigenvalue weighted by Gasteiger charge is 2.22. The van der Waals surface area contributed by atoms with E-state index in [9.17, 15) is 14.4 Å². The second-order valence-electron chi connectivity index (χ2n) is 4.76. The van der Waals surface area contributed by atoms with Crippen LogP contribution < -0.4 is 5.32 Å². The number of nitrogens with one attached hydrogen (secondary N) is 1. The first-order chi connectivity index (χ1) is 9.96. The molecular weight excluding hydrogens is 276 g/mol. The highest BCUT2D eigenvalue weighted by molar-refractivity contribution is 5.94. The number of rotatable bonds is 10. The Morgan fingerprint density at radius 1 is 1.19 bits per heavy atom. The van der Waals surface area contributed by atoms with Gasteiger partial charge in [-0.1, -0.05) is 13.8 Å². The van der Waals surface area contributed by atoms with Crippen LogP contribution in [0.3, 0.4) is 0 Å². The number of hydrogen-bond acceptors (Lipinski definition) is 4. The topological polar surface area (TPSA) is 95.9 Å². The van der Waals surface area contributed by atoms with Crippen molar-refractivity contribution in [2.24, 2.45) is 0 Å². The van der Waals surface area contributed by atoms with Crippen molar-refractivity contribution in [3.8, 4) is 0 Å². The molecule has 0 saturated heterocycles. The van der Waals surface area contributed by atoms with Crippen LogP contribution >= 0.6 is 0 Å². The Morgan fingerprint density at radius 3 is 2.29 bits per heavy atom. The predicted octanol–water partition coefficient (Wildman–Crippen LogP) is 1.61. The van der Waals surface area contributed by atoms with E-state index in [-0.39, 0.29) is 25.3 Å². The van der Waals surface area contributed by atoms with Gasteiger partial charge in [0, 0.05) is 32.5 Å². The van der Waals surface area contributed by atoms with Gasteiger partial charge in [0.2, 0.25) is 5.91 Å². The van der Waals surface area contributed by atoms with Crippen molar-refractivity contribution >= 4 is 17.9 Å². The molecule has 0 atom stereocenters. The molecule has 7 heteroatoms. The van der Waals surface area contributed by atoms with E-state index < -0.39 is 17.9 Å². The maximum atomic E-state index is 12.1. The molecule has 0 aliphatic heterocycles. The van der Waals surface area contributed by atoms with Crippen LogP contribution in [0.4, 0.5) is 4.79 Å². The average molecular weight is 302 g/mol. The minimum absolute atomic E-state index is 0.0269. The van der Waals surface area contributed by atoms with E-state index in [1.807, 2.05) is 13.8 Å². The summed E-state index contributed by atoms with van der Waals surface area (Å²) >= 11 is 0. The molecule has 0 rings (SSSR count). The summed E-state index contributed by atoms with van der Waals surface area (Å²) in [5.74, 6) is -1.40. The third-order valence-corrected chi connectivity index (χ3v) is 3.22. The van der Waals surface area contributed by atoms with Crippen molar-refractivity contribution in [3.05, 3.63) is 0 Å². The Balaban J connectivity index is 4.44. The lowest BCUT2D eigenvalue weighted by Gasteiger charge is -2.30. The number of ether oxygens (including phenoxy) is 1. The predicted molar refractivity (Wildman–Crippen MR) is 78.0 cm³/mol. The van der Waals surface area contributed by atoms with Gasteiger partial charge in [-0.3, -0.25) is 14.9 Å². The number of urea groups is 1. The maximum Gasteiger partial charge on any atom is 0.324 e. The van der Waals surface area contributed by atoms with E-state index >= 15 is 0 Å². The molecular formula is C14H26N2O5. The molecule has 0 radical (unpaired) electrons. The van der Waals surface area contributed by atoms with Crippen LogP contribution in [0.5, 0.6) is 0 Å². The number of carboxylic acids is 1. The summed E-state index contributed by atoms with van der Waals surface area (Å²) in [7, 11) is 1.56. The summed E-state index contributed by atoms with van der Waals surface area (Å²) in [6, 6.07) is -0.395. The number of carboxylic acid groups (broad SMARTS) is 1. The van der Waals surface area contributed by atoms with Crippen LogP contribution in [0, 0.1) is 0 Å². The largest absolute Gasteiger partial charge is 0.481 e. The third kappa shape index (κ3) is 8.29. The van der Waals surface area contributed by atoms with Crippen molar-refractivity contribution in [3.63, 3.8) is 0 Å². The Kier molecular flexibility index (Phi) is 10.2. The molecule has 0 aromatic heterocycles. The number of hydrogen-bond donors (Lipinski definition) is 2. The lowest BCUT2D eigenvalue weighted by Crippen LogP contribution is -2.49. The highest BCUT2D eigenvalue weighted by atomic mass is 16.5. The van der Waals surface area contributed by atoms with Crippen LogP contribution in [-0.4, -0.2) is 54.2 Å². The minimum atomic E-state index is -0.951. The quantitative estimate of drug-likeness (QED) is 0.639. The van der Waals surface area contributed by atoms with E-state index in [1.165, 1.54) is 0 Å². The molecule has 0 aliphatic carbocycles. The van der Waals surface area contributed by atoms with E-state index in [1.54, 1.807) is 12.0 Å². The number of carbonyl (C=O) groups is 3. The summed E-state index contributed by atoms with van der Waals surface area (Å²) in [5, 5.41) is 10.8.